The van der Waals surface area contributed by atoms with Gasteiger partial charge in [-0.3, -0.25) is 4.79 Å². The number of phenols is 1. The van der Waals surface area contributed by atoms with Gasteiger partial charge in [0.15, 0.2) is 6.61 Å². The van der Waals surface area contributed by atoms with Crippen molar-refractivity contribution in [2.24, 2.45) is 0 Å². The summed E-state index contributed by atoms with van der Waals surface area (Å²) in [5.74, 6) is -0.524. The van der Waals surface area contributed by atoms with Crippen LogP contribution >= 0.6 is 0 Å². The quantitative estimate of drug-likeness (QED) is 0.358. The summed E-state index contributed by atoms with van der Waals surface area (Å²) in [5.41, 5.74) is 0.995. The number of ether oxygens (including phenoxy) is 2. The van der Waals surface area contributed by atoms with Gasteiger partial charge in [0.2, 0.25) is 0 Å². The number of anilines is 1. The molecular formula is C19H16N2O5. The highest BCUT2D eigenvalue weighted by molar-refractivity contribution is 6.09. The minimum absolute atomic E-state index is 0.0774. The maximum absolute atomic E-state index is 12.2. The summed E-state index contributed by atoms with van der Waals surface area (Å²) in [4.78, 5) is 23.2. The van der Waals surface area contributed by atoms with Gasteiger partial charge in [-0.2, -0.15) is 5.26 Å². The monoisotopic (exact) mass is 352 g/mol. The Bertz CT molecular complexity index is 849. The van der Waals surface area contributed by atoms with Gasteiger partial charge >= 0.3 is 5.97 Å². The molecule has 0 spiro atoms. The average Bonchev–Trinajstić information content (AvgIpc) is 2.66. The molecule has 0 saturated carbocycles. The van der Waals surface area contributed by atoms with Crippen molar-refractivity contribution >= 4 is 23.6 Å². The Morgan fingerprint density at radius 2 is 1.81 bits per heavy atom. The lowest BCUT2D eigenvalue weighted by Gasteiger charge is -2.06. The summed E-state index contributed by atoms with van der Waals surface area (Å²) >= 11 is 0. The molecule has 1 amide bonds. The molecule has 0 radical (unpaired) electrons. The van der Waals surface area contributed by atoms with Gasteiger partial charge in [-0.1, -0.05) is 12.1 Å². The smallest absolute Gasteiger partial charge is 0.343 e. The first kappa shape index (κ1) is 18.5. The number of phenolic OH excluding ortho intramolecular Hbond substituents is 1. The lowest BCUT2D eigenvalue weighted by atomic mass is 10.1. The predicted molar refractivity (Wildman–Crippen MR) is 94.3 cm³/mol. The third kappa shape index (κ3) is 5.39. The van der Waals surface area contributed by atoms with Crippen LogP contribution in [0.3, 0.4) is 0 Å². The first-order valence-electron chi connectivity index (χ1n) is 7.53. The molecule has 26 heavy (non-hydrogen) atoms. The van der Waals surface area contributed by atoms with E-state index < -0.39 is 11.9 Å². The number of nitrogens with one attached hydrogen (secondary N) is 1. The molecule has 2 N–H and O–H groups in total. The Hall–Kier alpha value is -3.79. The molecule has 0 aromatic heterocycles. The summed E-state index contributed by atoms with van der Waals surface area (Å²) in [6.45, 7) is -0.204. The number of esters is 1. The highest BCUT2D eigenvalue weighted by Crippen LogP contribution is 2.17. The van der Waals surface area contributed by atoms with Crippen LogP contribution in [0.15, 0.2) is 54.1 Å². The summed E-state index contributed by atoms with van der Waals surface area (Å²) in [6, 6.07) is 14.3. The van der Waals surface area contributed by atoms with Gasteiger partial charge in [0.05, 0.1) is 7.11 Å². The van der Waals surface area contributed by atoms with Crippen LogP contribution in [0.5, 0.6) is 11.5 Å². The molecule has 0 aliphatic heterocycles. The fraction of sp³-hybridized carbons (Fsp3) is 0.105. The van der Waals surface area contributed by atoms with Crippen molar-refractivity contribution in [1.29, 1.82) is 5.26 Å². The predicted octanol–water partition coefficient (Wildman–Crippen LogP) is 2.49. The molecule has 0 aliphatic carbocycles. The molecule has 0 heterocycles. The Morgan fingerprint density at radius 3 is 2.38 bits per heavy atom. The van der Waals surface area contributed by atoms with Crippen LogP contribution in [-0.2, 0) is 14.3 Å². The summed E-state index contributed by atoms with van der Waals surface area (Å²) in [7, 11) is 1.27. The fourth-order valence-corrected chi connectivity index (χ4v) is 1.92. The van der Waals surface area contributed by atoms with Crippen molar-refractivity contribution in [2.45, 2.75) is 0 Å². The van der Waals surface area contributed by atoms with Crippen molar-refractivity contribution < 1.29 is 24.2 Å². The summed E-state index contributed by atoms with van der Waals surface area (Å²) in [5, 5.41) is 21.0. The zero-order chi connectivity index (χ0) is 18.9. The van der Waals surface area contributed by atoms with E-state index in [-0.39, 0.29) is 17.9 Å². The second-order valence-corrected chi connectivity index (χ2v) is 5.10. The zero-order valence-electron chi connectivity index (χ0n) is 13.9. The summed E-state index contributed by atoms with van der Waals surface area (Å²) < 4.78 is 9.70. The second-order valence-electron chi connectivity index (χ2n) is 5.10. The Morgan fingerprint density at radius 1 is 1.15 bits per heavy atom. The van der Waals surface area contributed by atoms with Gasteiger partial charge < -0.3 is 19.9 Å². The number of carbonyl (C=O) groups is 2. The molecule has 0 saturated heterocycles. The van der Waals surface area contributed by atoms with Crippen LogP contribution in [0.2, 0.25) is 0 Å². The van der Waals surface area contributed by atoms with E-state index in [0.29, 0.717) is 17.0 Å². The number of rotatable bonds is 6. The maximum Gasteiger partial charge on any atom is 0.343 e. The number of nitrogens with zero attached hydrogens (tertiary/aromatic N) is 1. The first-order valence-corrected chi connectivity index (χ1v) is 7.53. The van der Waals surface area contributed by atoms with Crippen molar-refractivity contribution in [3.63, 3.8) is 0 Å². The van der Waals surface area contributed by atoms with Crippen molar-refractivity contribution in [1.82, 2.24) is 0 Å². The normalized spacial score (nSPS) is 10.5. The number of nitriles is 1. The summed E-state index contributed by atoms with van der Waals surface area (Å²) in [6.07, 6.45) is 1.43. The molecule has 0 aliphatic rings. The van der Waals surface area contributed by atoms with E-state index in [9.17, 15) is 20.0 Å². The van der Waals surface area contributed by atoms with Crippen LogP contribution in [-0.4, -0.2) is 30.7 Å². The van der Waals surface area contributed by atoms with Gasteiger partial charge in [0.25, 0.3) is 5.91 Å². The van der Waals surface area contributed by atoms with Crippen LogP contribution in [0.25, 0.3) is 6.08 Å². The SMILES string of the molecule is COC(=O)COc1ccc(C=C(C#N)C(=O)Nc2ccc(O)cc2)cc1. The highest BCUT2D eigenvalue weighted by atomic mass is 16.6. The van der Waals surface area contributed by atoms with E-state index >= 15 is 0 Å². The minimum Gasteiger partial charge on any atom is -0.508 e. The number of methoxy groups -OCH3 is 1. The van der Waals surface area contributed by atoms with E-state index in [2.05, 4.69) is 10.1 Å². The Balaban J connectivity index is 2.05. The molecule has 0 atom stereocenters. The molecule has 2 rings (SSSR count). The van der Waals surface area contributed by atoms with Gasteiger partial charge in [-0.15, -0.1) is 0 Å². The highest BCUT2D eigenvalue weighted by Gasteiger charge is 2.10. The van der Waals surface area contributed by atoms with Crippen LogP contribution in [0.4, 0.5) is 5.69 Å². The number of benzene rings is 2. The van der Waals surface area contributed by atoms with Crippen LogP contribution in [0, 0.1) is 11.3 Å². The van der Waals surface area contributed by atoms with Crippen molar-refractivity contribution in [3.8, 4) is 17.6 Å². The van der Waals surface area contributed by atoms with Crippen molar-refractivity contribution in [2.75, 3.05) is 19.0 Å². The second kappa shape index (κ2) is 8.89. The fourth-order valence-electron chi connectivity index (χ4n) is 1.92. The standard InChI is InChI=1S/C19H16N2O5/c1-25-18(23)12-26-17-8-2-13(3-9-17)10-14(11-20)19(24)21-15-4-6-16(22)7-5-15/h2-10,22H,12H2,1H3,(H,21,24). The number of hydrogen-bond acceptors (Lipinski definition) is 6. The van der Waals surface area contributed by atoms with E-state index in [0.717, 1.165) is 0 Å². The van der Waals surface area contributed by atoms with E-state index in [4.69, 9.17) is 4.74 Å². The van der Waals surface area contributed by atoms with E-state index in [1.54, 1.807) is 24.3 Å². The molecule has 7 nitrogen and oxygen atoms in total. The largest absolute Gasteiger partial charge is 0.508 e. The van der Waals surface area contributed by atoms with Gasteiger partial charge in [-0.25, -0.2) is 4.79 Å². The third-order valence-electron chi connectivity index (χ3n) is 3.27. The van der Waals surface area contributed by atoms with Gasteiger partial charge in [-0.05, 0) is 48.0 Å². The molecule has 0 bridgehead atoms. The molecule has 132 valence electrons. The molecule has 2 aromatic carbocycles. The van der Waals surface area contributed by atoms with Crippen LogP contribution < -0.4 is 10.1 Å². The molecular weight excluding hydrogens is 336 g/mol. The first-order chi connectivity index (χ1) is 12.5. The number of carbonyl (C=O) groups excluding carboxylic acids is 2. The maximum atomic E-state index is 12.2. The Labute approximate surface area is 150 Å². The van der Waals surface area contributed by atoms with Crippen molar-refractivity contribution in [3.05, 3.63) is 59.7 Å². The van der Waals surface area contributed by atoms with E-state index in [1.165, 1.54) is 37.5 Å². The third-order valence-corrected chi connectivity index (χ3v) is 3.27. The number of aromatic hydroxyl groups is 1. The Kier molecular flexibility index (Phi) is 6.34. The van der Waals surface area contributed by atoms with Gasteiger partial charge in [0.1, 0.15) is 23.1 Å². The average molecular weight is 352 g/mol. The zero-order valence-corrected chi connectivity index (χ0v) is 13.9. The lowest BCUT2D eigenvalue weighted by molar-refractivity contribution is -0.142. The topological polar surface area (TPSA) is 109 Å². The lowest BCUT2D eigenvalue weighted by Crippen LogP contribution is -2.13. The van der Waals surface area contributed by atoms with Gasteiger partial charge in [0, 0.05) is 5.69 Å². The molecule has 7 heteroatoms. The van der Waals surface area contributed by atoms with Crippen LogP contribution in [0.1, 0.15) is 5.56 Å². The molecule has 2 aromatic rings. The number of hydrogen-bond donors (Lipinski definition) is 2. The molecule has 0 fully saturated rings. The minimum atomic E-state index is -0.566. The molecule has 0 unspecified atom stereocenters. The number of amides is 1. The van der Waals surface area contributed by atoms with E-state index in [1.807, 2.05) is 6.07 Å².